The van der Waals surface area contributed by atoms with Crippen molar-refractivity contribution in [1.29, 1.82) is 5.26 Å². The molecule has 0 N–H and O–H groups in total. The van der Waals surface area contributed by atoms with Crippen molar-refractivity contribution in [1.82, 2.24) is 0 Å². The SMILES string of the molecule is Cc1ccc(/C=C/C(=O)C#N)cc1. The molecule has 0 heterocycles. The molecule has 0 spiro atoms. The van der Waals surface area contributed by atoms with Crippen LogP contribution in [0.2, 0.25) is 0 Å². The maximum Gasteiger partial charge on any atom is 0.255 e. The Kier molecular flexibility index (Phi) is 2.99. The fourth-order valence-electron chi connectivity index (χ4n) is 0.887. The molecule has 0 atom stereocenters. The molecule has 1 rings (SSSR count). The molecule has 0 saturated carbocycles. The minimum atomic E-state index is -0.527. The summed E-state index contributed by atoms with van der Waals surface area (Å²) in [6, 6.07) is 9.23. The maximum absolute atomic E-state index is 10.6. The molecule has 1 aromatic rings. The lowest BCUT2D eigenvalue weighted by Gasteiger charge is -1.92. The number of nitrogens with zero attached hydrogens (tertiary/aromatic N) is 1. The molecule has 0 aliphatic heterocycles. The van der Waals surface area contributed by atoms with E-state index in [1.54, 1.807) is 6.08 Å². The number of benzene rings is 1. The molecule has 0 aliphatic carbocycles. The Morgan fingerprint density at radius 3 is 2.54 bits per heavy atom. The minimum absolute atomic E-state index is 0.527. The zero-order valence-electron chi connectivity index (χ0n) is 7.32. The van der Waals surface area contributed by atoms with Crippen LogP contribution in [0.5, 0.6) is 0 Å². The van der Waals surface area contributed by atoms with Gasteiger partial charge in [-0.2, -0.15) is 5.26 Å². The highest BCUT2D eigenvalue weighted by molar-refractivity contribution is 6.04. The van der Waals surface area contributed by atoms with Gasteiger partial charge in [-0.05, 0) is 18.6 Å². The van der Waals surface area contributed by atoms with Crippen molar-refractivity contribution < 1.29 is 4.79 Å². The van der Waals surface area contributed by atoms with Crippen LogP contribution in [-0.4, -0.2) is 5.78 Å². The second kappa shape index (κ2) is 4.22. The molecule has 0 radical (unpaired) electrons. The van der Waals surface area contributed by atoms with Crippen molar-refractivity contribution in [3.63, 3.8) is 0 Å². The molecule has 2 nitrogen and oxygen atoms in total. The van der Waals surface area contributed by atoms with E-state index in [1.165, 1.54) is 17.7 Å². The van der Waals surface area contributed by atoms with Crippen LogP contribution in [0.15, 0.2) is 30.3 Å². The summed E-state index contributed by atoms with van der Waals surface area (Å²) in [7, 11) is 0. The minimum Gasteiger partial charge on any atom is -0.278 e. The first-order valence-electron chi connectivity index (χ1n) is 3.91. The van der Waals surface area contributed by atoms with Crippen LogP contribution in [0.4, 0.5) is 0 Å². The normalized spacial score (nSPS) is 9.85. The summed E-state index contributed by atoms with van der Waals surface area (Å²) in [4.78, 5) is 10.6. The molecule has 2 heteroatoms. The van der Waals surface area contributed by atoms with Gasteiger partial charge in [0.05, 0.1) is 0 Å². The molecular formula is C11H9NO. The lowest BCUT2D eigenvalue weighted by Crippen LogP contribution is -1.83. The summed E-state index contributed by atoms with van der Waals surface area (Å²) in [5.41, 5.74) is 2.10. The van der Waals surface area contributed by atoms with Gasteiger partial charge in [0, 0.05) is 0 Å². The van der Waals surface area contributed by atoms with Crippen LogP contribution in [-0.2, 0) is 4.79 Å². The molecule has 0 amide bonds. The summed E-state index contributed by atoms with van der Waals surface area (Å²) < 4.78 is 0. The highest BCUT2D eigenvalue weighted by Crippen LogP contribution is 2.04. The van der Waals surface area contributed by atoms with Crippen molar-refractivity contribution in [3.05, 3.63) is 41.5 Å². The van der Waals surface area contributed by atoms with Crippen LogP contribution in [0.25, 0.3) is 6.08 Å². The predicted molar refractivity (Wildman–Crippen MR) is 50.8 cm³/mol. The zero-order valence-corrected chi connectivity index (χ0v) is 7.32. The van der Waals surface area contributed by atoms with Gasteiger partial charge < -0.3 is 0 Å². The topological polar surface area (TPSA) is 40.9 Å². The fourth-order valence-corrected chi connectivity index (χ4v) is 0.887. The number of carbonyl (C=O) groups excluding carboxylic acids is 1. The van der Waals surface area contributed by atoms with Crippen LogP contribution >= 0.6 is 0 Å². The van der Waals surface area contributed by atoms with Gasteiger partial charge in [-0.3, -0.25) is 4.79 Å². The number of hydrogen-bond acceptors (Lipinski definition) is 2. The van der Waals surface area contributed by atoms with E-state index in [0.717, 1.165) is 5.56 Å². The van der Waals surface area contributed by atoms with E-state index in [9.17, 15) is 4.79 Å². The molecule has 1 aromatic carbocycles. The number of allylic oxidation sites excluding steroid dienone is 1. The van der Waals surface area contributed by atoms with Crippen LogP contribution < -0.4 is 0 Å². The molecule has 0 aromatic heterocycles. The smallest absolute Gasteiger partial charge is 0.255 e. The molecule has 0 aliphatic rings. The number of nitriles is 1. The van der Waals surface area contributed by atoms with Crippen molar-refractivity contribution in [2.45, 2.75) is 6.92 Å². The van der Waals surface area contributed by atoms with Gasteiger partial charge in [-0.1, -0.05) is 35.9 Å². The van der Waals surface area contributed by atoms with Gasteiger partial charge >= 0.3 is 0 Å². The molecule has 64 valence electrons. The number of ketones is 1. The van der Waals surface area contributed by atoms with Crippen LogP contribution in [0.3, 0.4) is 0 Å². The average molecular weight is 171 g/mol. The Hall–Kier alpha value is -1.88. The molecule has 0 bridgehead atoms. The summed E-state index contributed by atoms with van der Waals surface area (Å²) in [6.45, 7) is 1.99. The van der Waals surface area contributed by atoms with Crippen molar-refractivity contribution >= 4 is 11.9 Å². The summed E-state index contributed by atoms with van der Waals surface area (Å²) in [5.74, 6) is -0.527. The Morgan fingerprint density at radius 2 is 2.00 bits per heavy atom. The van der Waals surface area contributed by atoms with Crippen LogP contribution in [0, 0.1) is 18.3 Å². The summed E-state index contributed by atoms with van der Waals surface area (Å²) >= 11 is 0. The first-order chi connectivity index (χ1) is 6.22. The number of hydrogen-bond donors (Lipinski definition) is 0. The summed E-state index contributed by atoms with van der Waals surface area (Å²) in [5, 5.41) is 8.21. The van der Waals surface area contributed by atoms with Gasteiger partial charge in [-0.15, -0.1) is 0 Å². The lowest BCUT2D eigenvalue weighted by molar-refractivity contribution is -0.109. The second-order valence-electron chi connectivity index (χ2n) is 2.72. The molecule has 0 unspecified atom stereocenters. The third-order valence-corrected chi connectivity index (χ3v) is 1.61. The average Bonchev–Trinajstić information content (AvgIpc) is 2.16. The largest absolute Gasteiger partial charge is 0.278 e. The van der Waals surface area contributed by atoms with E-state index in [-0.39, 0.29) is 0 Å². The van der Waals surface area contributed by atoms with E-state index < -0.39 is 5.78 Å². The van der Waals surface area contributed by atoms with Crippen molar-refractivity contribution in [2.75, 3.05) is 0 Å². The van der Waals surface area contributed by atoms with Gasteiger partial charge in [0.1, 0.15) is 6.07 Å². The van der Waals surface area contributed by atoms with E-state index in [4.69, 9.17) is 5.26 Å². The highest BCUT2D eigenvalue weighted by Gasteiger charge is 1.90. The number of carbonyl (C=O) groups is 1. The van der Waals surface area contributed by atoms with Gasteiger partial charge in [0.15, 0.2) is 0 Å². The van der Waals surface area contributed by atoms with E-state index >= 15 is 0 Å². The Balaban J connectivity index is 2.76. The lowest BCUT2D eigenvalue weighted by atomic mass is 10.1. The molecular weight excluding hydrogens is 162 g/mol. The van der Waals surface area contributed by atoms with Crippen molar-refractivity contribution in [2.24, 2.45) is 0 Å². The zero-order chi connectivity index (χ0) is 9.68. The van der Waals surface area contributed by atoms with E-state index in [0.29, 0.717) is 0 Å². The van der Waals surface area contributed by atoms with E-state index in [2.05, 4.69) is 0 Å². The highest BCUT2D eigenvalue weighted by atomic mass is 16.1. The monoisotopic (exact) mass is 171 g/mol. The molecule has 0 saturated heterocycles. The maximum atomic E-state index is 10.6. The van der Waals surface area contributed by atoms with Crippen LogP contribution in [0.1, 0.15) is 11.1 Å². The first-order valence-corrected chi connectivity index (χ1v) is 3.91. The Morgan fingerprint density at radius 1 is 1.38 bits per heavy atom. The molecule has 0 fully saturated rings. The Labute approximate surface area is 77.1 Å². The number of aryl methyl sites for hydroxylation is 1. The second-order valence-corrected chi connectivity index (χ2v) is 2.72. The van der Waals surface area contributed by atoms with Gasteiger partial charge in [0.2, 0.25) is 0 Å². The first kappa shape index (κ1) is 9.21. The molecule has 13 heavy (non-hydrogen) atoms. The van der Waals surface area contributed by atoms with Gasteiger partial charge in [-0.25, -0.2) is 0 Å². The van der Waals surface area contributed by atoms with E-state index in [1.807, 2.05) is 31.2 Å². The summed E-state index contributed by atoms with van der Waals surface area (Å²) in [6.07, 6.45) is 2.90. The van der Waals surface area contributed by atoms with Crippen molar-refractivity contribution in [3.8, 4) is 6.07 Å². The third-order valence-electron chi connectivity index (χ3n) is 1.61. The predicted octanol–water partition coefficient (Wildman–Crippen LogP) is 2.10. The third kappa shape index (κ3) is 2.92. The fraction of sp³-hybridized carbons (Fsp3) is 0.0909. The quantitative estimate of drug-likeness (QED) is 0.505. The number of rotatable bonds is 2. The Bertz CT molecular complexity index is 368. The van der Waals surface area contributed by atoms with Gasteiger partial charge in [0.25, 0.3) is 5.78 Å². The standard InChI is InChI=1S/C11H9NO/c1-9-2-4-10(5-3-9)6-7-11(13)8-12/h2-7H,1H3/b7-6+.